The maximum Gasteiger partial charge on any atom is 0.342 e. The molecular weight excluding hydrogens is 475 g/mol. The van der Waals surface area contributed by atoms with E-state index in [2.05, 4.69) is 15.6 Å². The molecule has 0 saturated carbocycles. The van der Waals surface area contributed by atoms with E-state index in [1.807, 2.05) is 5.32 Å². The van der Waals surface area contributed by atoms with Crippen molar-refractivity contribution in [2.24, 2.45) is 0 Å². The third-order valence-corrected chi connectivity index (χ3v) is 4.72. The summed E-state index contributed by atoms with van der Waals surface area (Å²) in [7, 11) is 0. The minimum atomic E-state index is -1.70. The first-order valence-corrected chi connectivity index (χ1v) is 10.7. The van der Waals surface area contributed by atoms with Crippen molar-refractivity contribution >= 4 is 29.8 Å². The number of carboxylic acids is 3. The number of rotatable bonds is 17. The third-order valence-electron chi connectivity index (χ3n) is 4.72. The van der Waals surface area contributed by atoms with Crippen LogP contribution in [-0.4, -0.2) is 95.7 Å². The molecule has 35 heavy (non-hydrogen) atoms. The highest BCUT2D eigenvalue weighted by atomic mass is 19.1. The number of halogens is 1. The predicted molar refractivity (Wildman–Crippen MR) is 113 cm³/mol. The van der Waals surface area contributed by atoms with Crippen LogP contribution in [0.5, 0.6) is 0 Å². The van der Waals surface area contributed by atoms with Gasteiger partial charge in [-0.2, -0.15) is 5.06 Å². The average molecular weight is 504 g/mol. The number of nitrogens with zero attached hydrogens (tertiary/aromatic N) is 4. The van der Waals surface area contributed by atoms with Crippen LogP contribution in [0.2, 0.25) is 0 Å². The van der Waals surface area contributed by atoms with E-state index in [-0.39, 0.29) is 36.9 Å². The largest absolute Gasteiger partial charge is 0.481 e. The highest BCUT2D eigenvalue weighted by molar-refractivity contribution is 5.85. The lowest BCUT2D eigenvalue weighted by Crippen LogP contribution is -2.52. The maximum atomic E-state index is 12.2. The Labute approximate surface area is 198 Å². The number of alkyl halides is 1. The Morgan fingerprint density at radius 1 is 1.06 bits per heavy atom. The Balaban J connectivity index is 2.44. The number of unbranched alkanes of at least 4 members (excludes halogenated alkanes) is 1. The fourth-order valence-corrected chi connectivity index (χ4v) is 2.90. The second-order valence-electron chi connectivity index (χ2n) is 7.52. The molecule has 16 heteroatoms. The molecule has 6 N–H and O–H groups in total. The van der Waals surface area contributed by atoms with Crippen LogP contribution in [0.15, 0.2) is 6.20 Å². The molecule has 0 aromatic carbocycles. The number of hydroxylamine groups is 2. The Morgan fingerprint density at radius 2 is 1.77 bits per heavy atom. The van der Waals surface area contributed by atoms with E-state index in [1.165, 1.54) is 10.9 Å². The van der Waals surface area contributed by atoms with Gasteiger partial charge in [-0.3, -0.25) is 19.2 Å². The molecule has 2 unspecified atom stereocenters. The van der Waals surface area contributed by atoms with Crippen molar-refractivity contribution in [3.05, 3.63) is 11.9 Å². The van der Waals surface area contributed by atoms with Gasteiger partial charge in [-0.15, -0.1) is 5.10 Å². The average Bonchev–Trinajstić information content (AvgIpc) is 3.23. The minimum Gasteiger partial charge on any atom is -0.481 e. The number of aromatic nitrogens is 3. The van der Waals surface area contributed by atoms with Crippen molar-refractivity contribution in [3.8, 4) is 0 Å². The van der Waals surface area contributed by atoms with Gasteiger partial charge in [-0.25, -0.2) is 19.1 Å². The lowest BCUT2D eigenvalue weighted by Gasteiger charge is -2.24. The van der Waals surface area contributed by atoms with Crippen LogP contribution in [0.4, 0.5) is 9.18 Å². The molecule has 1 aromatic rings. The van der Waals surface area contributed by atoms with E-state index in [0.717, 1.165) is 0 Å². The van der Waals surface area contributed by atoms with E-state index < -0.39 is 55.5 Å². The highest BCUT2D eigenvalue weighted by Crippen LogP contribution is 2.09. The van der Waals surface area contributed by atoms with E-state index in [0.29, 0.717) is 25.0 Å². The number of carbonyl (C=O) groups is 5. The zero-order valence-corrected chi connectivity index (χ0v) is 18.8. The summed E-state index contributed by atoms with van der Waals surface area (Å²) in [5, 5.41) is 48.8. The summed E-state index contributed by atoms with van der Waals surface area (Å²) < 4.78 is 13.5. The fourth-order valence-electron chi connectivity index (χ4n) is 2.90. The molecule has 2 atom stereocenters. The molecule has 0 aliphatic heterocycles. The number of amides is 3. The normalized spacial score (nSPS) is 12.4. The number of aryl methyl sites for hydroxylation is 1. The number of hydrogen-bond donors (Lipinski definition) is 6. The van der Waals surface area contributed by atoms with Crippen molar-refractivity contribution in [2.75, 3.05) is 13.2 Å². The highest BCUT2D eigenvalue weighted by Gasteiger charge is 2.31. The van der Waals surface area contributed by atoms with Crippen LogP contribution in [0.25, 0.3) is 0 Å². The molecule has 196 valence electrons. The van der Waals surface area contributed by atoms with E-state index in [9.17, 15) is 38.7 Å². The van der Waals surface area contributed by atoms with E-state index in [1.54, 1.807) is 0 Å². The second kappa shape index (κ2) is 15.2. The van der Waals surface area contributed by atoms with Gasteiger partial charge in [0.2, 0.25) is 5.91 Å². The van der Waals surface area contributed by atoms with Crippen LogP contribution < -0.4 is 10.6 Å². The molecule has 0 aliphatic carbocycles. The van der Waals surface area contributed by atoms with Crippen molar-refractivity contribution < 1.29 is 48.9 Å². The lowest BCUT2D eigenvalue weighted by atomic mass is 10.1. The molecule has 0 spiro atoms. The topological polar surface area (TPSA) is 224 Å². The molecule has 15 nitrogen and oxygen atoms in total. The molecule has 0 bridgehead atoms. The molecule has 0 saturated heterocycles. The molecule has 0 aliphatic rings. The van der Waals surface area contributed by atoms with Gasteiger partial charge in [-0.1, -0.05) is 5.21 Å². The van der Waals surface area contributed by atoms with Gasteiger partial charge < -0.3 is 26.0 Å². The van der Waals surface area contributed by atoms with Crippen molar-refractivity contribution in [3.63, 3.8) is 0 Å². The number of hydrogen-bond acceptors (Lipinski definition) is 8. The van der Waals surface area contributed by atoms with Gasteiger partial charge in [0.05, 0.1) is 12.4 Å². The van der Waals surface area contributed by atoms with Gasteiger partial charge in [0.15, 0.2) is 6.04 Å². The molecule has 1 rings (SSSR count). The summed E-state index contributed by atoms with van der Waals surface area (Å²) in [4.78, 5) is 57.2. The summed E-state index contributed by atoms with van der Waals surface area (Å²) in [6.45, 7) is -0.426. The molecule has 0 fully saturated rings. The summed E-state index contributed by atoms with van der Waals surface area (Å²) in [5.74, 6) is -4.76. The number of carboxylic acid groups (broad SMARTS) is 3. The predicted octanol–water partition coefficient (Wildman–Crippen LogP) is -0.361. The first kappa shape index (κ1) is 29.2. The smallest absolute Gasteiger partial charge is 0.342 e. The van der Waals surface area contributed by atoms with Crippen LogP contribution in [-0.2, 0) is 32.1 Å². The summed E-state index contributed by atoms with van der Waals surface area (Å²) in [5.41, 5.74) is 0.560. The molecule has 3 amide bonds. The number of carbonyl (C=O) groups excluding carboxylic acids is 2. The number of nitrogens with one attached hydrogen (secondary N) is 2. The third kappa shape index (κ3) is 11.2. The van der Waals surface area contributed by atoms with Crippen LogP contribution in [0, 0.1) is 0 Å². The van der Waals surface area contributed by atoms with Crippen LogP contribution in [0.1, 0.15) is 44.2 Å². The first-order valence-electron chi connectivity index (χ1n) is 10.7. The SMILES string of the molecule is O=C(O)CCC(NC(=O)N(O)C(CCCCNC(=O)Cn1cc(CCCF)nn1)C(=O)O)C(=O)O. The number of aliphatic carboxylic acids is 3. The Morgan fingerprint density at radius 3 is 2.37 bits per heavy atom. The Bertz CT molecular complexity index is 881. The van der Waals surface area contributed by atoms with Crippen LogP contribution in [0.3, 0.4) is 0 Å². The van der Waals surface area contributed by atoms with Gasteiger partial charge in [0.25, 0.3) is 0 Å². The lowest BCUT2D eigenvalue weighted by molar-refractivity contribution is -0.157. The zero-order valence-electron chi connectivity index (χ0n) is 18.8. The monoisotopic (exact) mass is 504 g/mol. The van der Waals surface area contributed by atoms with Crippen molar-refractivity contribution in [2.45, 2.75) is 63.6 Å². The number of urea groups is 1. The molecule has 1 heterocycles. The Hall–Kier alpha value is -3.82. The standard InChI is InChI=1S/C19H29FN6O9/c20-8-3-4-12-10-25(24-23-12)11-15(27)21-9-2-1-5-14(18(32)33)26(35)19(34)22-13(17(30)31)6-7-16(28)29/h10,13-14,35H,1-9,11H2,(H,21,27)(H,22,34)(H,28,29)(H,30,31)(H,32,33). The van der Waals surface area contributed by atoms with Gasteiger partial charge in [-0.05, 0) is 38.5 Å². The Kier molecular flexibility index (Phi) is 12.6. The molecule has 1 aromatic heterocycles. The zero-order chi connectivity index (χ0) is 26.4. The van der Waals surface area contributed by atoms with E-state index in [4.69, 9.17) is 10.2 Å². The summed E-state index contributed by atoms with van der Waals surface area (Å²) in [6.07, 6.45) is 1.50. The minimum absolute atomic E-state index is 0.114. The molecule has 0 radical (unpaired) electrons. The van der Waals surface area contributed by atoms with Gasteiger partial charge >= 0.3 is 23.9 Å². The second-order valence-corrected chi connectivity index (χ2v) is 7.52. The maximum absolute atomic E-state index is 12.2. The van der Waals surface area contributed by atoms with Crippen molar-refractivity contribution in [1.29, 1.82) is 0 Å². The quantitative estimate of drug-likeness (QED) is 0.0912. The van der Waals surface area contributed by atoms with E-state index >= 15 is 0 Å². The van der Waals surface area contributed by atoms with Crippen molar-refractivity contribution in [1.82, 2.24) is 30.7 Å². The first-order chi connectivity index (χ1) is 16.5. The molecular formula is C19H29FN6O9. The summed E-state index contributed by atoms with van der Waals surface area (Å²) >= 11 is 0. The summed E-state index contributed by atoms with van der Waals surface area (Å²) in [6, 6.07) is -4.73. The van der Waals surface area contributed by atoms with Gasteiger partial charge in [0, 0.05) is 19.2 Å². The van der Waals surface area contributed by atoms with Crippen LogP contribution >= 0.6 is 0 Å². The van der Waals surface area contributed by atoms with Gasteiger partial charge in [0.1, 0.15) is 12.6 Å². The fraction of sp³-hybridized carbons (Fsp3) is 0.632.